The van der Waals surface area contributed by atoms with Crippen LogP contribution >= 0.6 is 0 Å². The predicted octanol–water partition coefficient (Wildman–Crippen LogP) is 3.12. The molecule has 0 aliphatic rings. The second-order valence-electron chi connectivity index (χ2n) is 4.04. The largest absolute Gasteiger partial charge is 0.491 e. The van der Waals surface area contributed by atoms with Gasteiger partial charge in [-0.15, -0.1) is 0 Å². The molecule has 0 saturated carbocycles. The molecule has 1 N–H and O–H groups in total. The SMILES string of the molecule is CCCNCCC(C)Oc1ccc(F)c(F)c1. The van der Waals surface area contributed by atoms with Crippen molar-refractivity contribution in [3.63, 3.8) is 0 Å². The molecule has 1 aromatic rings. The average Bonchev–Trinajstić information content (AvgIpc) is 2.30. The van der Waals surface area contributed by atoms with E-state index in [0.717, 1.165) is 38.1 Å². The fraction of sp³-hybridized carbons (Fsp3) is 0.538. The maximum absolute atomic E-state index is 12.9. The van der Waals surface area contributed by atoms with Gasteiger partial charge in [0.25, 0.3) is 0 Å². The van der Waals surface area contributed by atoms with Crippen LogP contribution in [0.3, 0.4) is 0 Å². The zero-order valence-electron chi connectivity index (χ0n) is 10.3. The van der Waals surface area contributed by atoms with Crippen LogP contribution in [-0.4, -0.2) is 19.2 Å². The second-order valence-corrected chi connectivity index (χ2v) is 4.04. The number of ether oxygens (including phenoxy) is 1. The molecule has 0 bridgehead atoms. The van der Waals surface area contributed by atoms with Gasteiger partial charge in [0, 0.05) is 6.07 Å². The van der Waals surface area contributed by atoms with Crippen molar-refractivity contribution < 1.29 is 13.5 Å². The summed E-state index contributed by atoms with van der Waals surface area (Å²) in [4.78, 5) is 0. The first-order valence-corrected chi connectivity index (χ1v) is 5.96. The number of rotatable bonds is 7. The molecule has 0 saturated heterocycles. The summed E-state index contributed by atoms with van der Waals surface area (Å²) in [5.74, 6) is -1.36. The van der Waals surface area contributed by atoms with Gasteiger partial charge in [-0.1, -0.05) is 6.92 Å². The minimum atomic E-state index is -0.876. The Bertz CT molecular complexity index is 344. The Balaban J connectivity index is 2.34. The van der Waals surface area contributed by atoms with Crippen LogP contribution in [0.5, 0.6) is 5.75 Å². The van der Waals surface area contributed by atoms with E-state index in [0.29, 0.717) is 5.75 Å². The van der Waals surface area contributed by atoms with Gasteiger partial charge >= 0.3 is 0 Å². The highest BCUT2D eigenvalue weighted by molar-refractivity contribution is 5.23. The van der Waals surface area contributed by atoms with Gasteiger partial charge < -0.3 is 10.1 Å². The third-order valence-electron chi connectivity index (χ3n) is 2.38. The first-order valence-electron chi connectivity index (χ1n) is 5.96. The van der Waals surface area contributed by atoms with Crippen molar-refractivity contribution in [3.05, 3.63) is 29.8 Å². The molecule has 0 fully saturated rings. The maximum Gasteiger partial charge on any atom is 0.162 e. The van der Waals surface area contributed by atoms with Gasteiger partial charge in [0.05, 0.1) is 6.10 Å². The van der Waals surface area contributed by atoms with Crippen molar-refractivity contribution in [2.24, 2.45) is 0 Å². The van der Waals surface area contributed by atoms with Crippen LogP contribution in [0.4, 0.5) is 8.78 Å². The molecule has 0 aliphatic carbocycles. The highest BCUT2D eigenvalue weighted by Gasteiger charge is 2.07. The van der Waals surface area contributed by atoms with Crippen LogP contribution in [0.25, 0.3) is 0 Å². The smallest absolute Gasteiger partial charge is 0.162 e. The summed E-state index contributed by atoms with van der Waals surface area (Å²) >= 11 is 0. The van der Waals surface area contributed by atoms with Crippen molar-refractivity contribution in [1.82, 2.24) is 5.32 Å². The molecule has 0 spiro atoms. The third-order valence-corrected chi connectivity index (χ3v) is 2.38. The Morgan fingerprint density at radius 1 is 1.24 bits per heavy atom. The topological polar surface area (TPSA) is 21.3 Å². The van der Waals surface area contributed by atoms with E-state index >= 15 is 0 Å². The van der Waals surface area contributed by atoms with Gasteiger partial charge in [-0.25, -0.2) is 8.78 Å². The Morgan fingerprint density at radius 3 is 2.65 bits per heavy atom. The number of hydrogen-bond acceptors (Lipinski definition) is 2. The second kappa shape index (κ2) is 7.22. The van der Waals surface area contributed by atoms with Crippen molar-refractivity contribution >= 4 is 0 Å². The standard InChI is InChI=1S/C13H19F2NO/c1-3-7-16-8-6-10(2)17-11-4-5-12(14)13(15)9-11/h4-5,9-10,16H,3,6-8H2,1-2H3. The monoisotopic (exact) mass is 243 g/mol. The van der Waals surface area contributed by atoms with Crippen molar-refractivity contribution in [2.75, 3.05) is 13.1 Å². The fourth-order valence-electron chi connectivity index (χ4n) is 1.45. The summed E-state index contributed by atoms with van der Waals surface area (Å²) in [6.45, 7) is 5.86. The molecular weight excluding hydrogens is 224 g/mol. The molecule has 96 valence electrons. The Labute approximate surface area is 101 Å². The zero-order valence-corrected chi connectivity index (χ0v) is 10.3. The highest BCUT2D eigenvalue weighted by atomic mass is 19.2. The lowest BCUT2D eigenvalue weighted by molar-refractivity contribution is 0.208. The molecule has 0 aliphatic heterocycles. The van der Waals surface area contributed by atoms with Gasteiger partial charge in [-0.3, -0.25) is 0 Å². The predicted molar refractivity (Wildman–Crippen MR) is 64.2 cm³/mol. The van der Waals surface area contributed by atoms with Crippen molar-refractivity contribution in [2.45, 2.75) is 32.8 Å². The van der Waals surface area contributed by atoms with E-state index < -0.39 is 11.6 Å². The van der Waals surface area contributed by atoms with E-state index in [4.69, 9.17) is 4.74 Å². The van der Waals surface area contributed by atoms with Crippen LogP contribution in [0, 0.1) is 11.6 Å². The van der Waals surface area contributed by atoms with E-state index in [9.17, 15) is 8.78 Å². The van der Waals surface area contributed by atoms with E-state index in [1.165, 1.54) is 6.07 Å². The number of halogens is 2. The van der Waals surface area contributed by atoms with Gasteiger partial charge in [-0.2, -0.15) is 0 Å². The third kappa shape index (κ3) is 5.13. The summed E-state index contributed by atoms with van der Waals surface area (Å²) in [7, 11) is 0. The Hall–Kier alpha value is -1.16. The molecular formula is C13H19F2NO. The van der Waals surface area contributed by atoms with Gasteiger partial charge in [0.2, 0.25) is 0 Å². The summed E-state index contributed by atoms with van der Waals surface area (Å²) in [6, 6.07) is 3.59. The Kier molecular flexibility index (Phi) is 5.91. The first-order chi connectivity index (χ1) is 8.13. The molecule has 2 nitrogen and oxygen atoms in total. The van der Waals surface area contributed by atoms with Crippen LogP contribution in [0.2, 0.25) is 0 Å². The normalized spacial score (nSPS) is 12.5. The molecule has 0 heterocycles. The lowest BCUT2D eigenvalue weighted by Gasteiger charge is -2.15. The van der Waals surface area contributed by atoms with Crippen LogP contribution in [0.15, 0.2) is 18.2 Å². The minimum absolute atomic E-state index is 0.0239. The number of hydrogen-bond donors (Lipinski definition) is 1. The first kappa shape index (κ1) is 13.9. The molecule has 0 radical (unpaired) electrons. The summed E-state index contributed by atoms with van der Waals surface area (Å²) in [5, 5.41) is 3.26. The van der Waals surface area contributed by atoms with E-state index in [-0.39, 0.29) is 6.10 Å². The van der Waals surface area contributed by atoms with Crippen LogP contribution in [0.1, 0.15) is 26.7 Å². The van der Waals surface area contributed by atoms with Crippen LogP contribution < -0.4 is 10.1 Å². The van der Waals surface area contributed by atoms with Crippen LogP contribution in [-0.2, 0) is 0 Å². The quantitative estimate of drug-likeness (QED) is 0.743. The zero-order chi connectivity index (χ0) is 12.7. The summed E-state index contributed by atoms with van der Waals surface area (Å²) in [6.07, 6.45) is 1.90. The van der Waals surface area contributed by atoms with E-state index in [1.54, 1.807) is 0 Å². The molecule has 1 unspecified atom stereocenters. The number of nitrogens with one attached hydrogen (secondary N) is 1. The summed E-state index contributed by atoms with van der Waals surface area (Å²) < 4.78 is 31.1. The summed E-state index contributed by atoms with van der Waals surface area (Å²) in [5.41, 5.74) is 0. The van der Waals surface area contributed by atoms with E-state index in [2.05, 4.69) is 12.2 Å². The lowest BCUT2D eigenvalue weighted by Crippen LogP contribution is -2.22. The molecule has 0 aromatic heterocycles. The minimum Gasteiger partial charge on any atom is -0.491 e. The molecule has 4 heteroatoms. The van der Waals surface area contributed by atoms with E-state index in [1.807, 2.05) is 6.92 Å². The molecule has 0 amide bonds. The highest BCUT2D eigenvalue weighted by Crippen LogP contribution is 2.17. The van der Waals surface area contributed by atoms with Crippen molar-refractivity contribution in [3.8, 4) is 5.75 Å². The Morgan fingerprint density at radius 2 is 2.00 bits per heavy atom. The molecule has 17 heavy (non-hydrogen) atoms. The number of benzene rings is 1. The molecule has 1 rings (SSSR count). The molecule has 1 aromatic carbocycles. The van der Waals surface area contributed by atoms with Crippen molar-refractivity contribution in [1.29, 1.82) is 0 Å². The van der Waals surface area contributed by atoms with Gasteiger partial charge in [-0.05, 0) is 45.0 Å². The van der Waals surface area contributed by atoms with Gasteiger partial charge in [0.1, 0.15) is 5.75 Å². The molecule has 1 atom stereocenters. The average molecular weight is 243 g/mol. The fourth-order valence-corrected chi connectivity index (χ4v) is 1.45. The maximum atomic E-state index is 12.9. The van der Waals surface area contributed by atoms with Gasteiger partial charge in [0.15, 0.2) is 11.6 Å². The lowest BCUT2D eigenvalue weighted by atomic mass is 10.2.